The predicted octanol–water partition coefficient (Wildman–Crippen LogP) is 1.32. The van der Waals surface area contributed by atoms with E-state index in [1.54, 1.807) is 12.1 Å². The zero-order valence-electron chi connectivity index (χ0n) is 12.2. The molecule has 5 nitrogen and oxygen atoms in total. The van der Waals surface area contributed by atoms with Gasteiger partial charge in [-0.25, -0.2) is 0 Å². The summed E-state index contributed by atoms with van der Waals surface area (Å²) in [6.07, 6.45) is 2.02. The third-order valence-electron chi connectivity index (χ3n) is 4.31. The van der Waals surface area contributed by atoms with E-state index in [4.69, 9.17) is 15.2 Å². The lowest BCUT2D eigenvalue weighted by Gasteiger charge is -2.45. The Morgan fingerprint density at radius 2 is 2.38 bits per heavy atom. The third-order valence-corrected chi connectivity index (χ3v) is 4.31. The van der Waals surface area contributed by atoms with Crippen molar-refractivity contribution in [3.05, 3.63) is 29.8 Å². The maximum Gasteiger partial charge on any atom is 0.251 e. The lowest BCUT2D eigenvalue weighted by molar-refractivity contribution is -0.0161. The van der Waals surface area contributed by atoms with Crippen molar-refractivity contribution in [2.75, 3.05) is 13.2 Å². The van der Waals surface area contributed by atoms with Crippen LogP contribution in [0.5, 0.6) is 5.75 Å². The summed E-state index contributed by atoms with van der Waals surface area (Å²) in [5, 5.41) is 2.99. The van der Waals surface area contributed by atoms with E-state index in [9.17, 15) is 4.79 Å². The van der Waals surface area contributed by atoms with E-state index in [2.05, 4.69) is 5.32 Å². The second kappa shape index (κ2) is 6.03. The Balaban J connectivity index is 1.63. The molecule has 1 aliphatic heterocycles. The van der Waals surface area contributed by atoms with Crippen LogP contribution in [0.15, 0.2) is 24.3 Å². The van der Waals surface area contributed by atoms with Gasteiger partial charge in [-0.3, -0.25) is 4.79 Å². The standard InChI is InChI=1S/C16H22N2O3/c1-2-7-20-11-5-3-4-10(9-11)16(19)18-14-13(17)12-6-8-21-15(12)14/h3-5,9,12-15H,2,6-8,17H2,1H3,(H,18,19). The predicted molar refractivity (Wildman–Crippen MR) is 79.3 cm³/mol. The van der Waals surface area contributed by atoms with Gasteiger partial charge in [0, 0.05) is 24.1 Å². The number of nitrogens with one attached hydrogen (secondary N) is 1. The molecule has 5 heteroatoms. The van der Waals surface area contributed by atoms with E-state index in [1.165, 1.54) is 0 Å². The number of amides is 1. The molecule has 2 fully saturated rings. The Hall–Kier alpha value is -1.59. The average Bonchev–Trinajstić information content (AvgIpc) is 2.95. The molecule has 1 heterocycles. The SMILES string of the molecule is CCCOc1cccc(C(=O)NC2C(N)C3CCOC32)c1. The van der Waals surface area contributed by atoms with Crippen LogP contribution >= 0.6 is 0 Å². The quantitative estimate of drug-likeness (QED) is 0.858. The lowest BCUT2D eigenvalue weighted by atomic mass is 9.72. The molecule has 3 N–H and O–H groups in total. The first-order valence-electron chi connectivity index (χ1n) is 7.61. The highest BCUT2D eigenvalue weighted by atomic mass is 16.5. The summed E-state index contributed by atoms with van der Waals surface area (Å²) >= 11 is 0. The average molecular weight is 290 g/mol. The van der Waals surface area contributed by atoms with Gasteiger partial charge in [-0.05, 0) is 31.0 Å². The van der Waals surface area contributed by atoms with Crippen molar-refractivity contribution in [1.82, 2.24) is 5.32 Å². The number of hydrogen-bond donors (Lipinski definition) is 2. The van der Waals surface area contributed by atoms with Crippen LogP contribution in [-0.4, -0.2) is 37.3 Å². The van der Waals surface area contributed by atoms with Crippen LogP contribution in [0.4, 0.5) is 0 Å². The van der Waals surface area contributed by atoms with Crippen LogP contribution in [0.2, 0.25) is 0 Å². The largest absolute Gasteiger partial charge is 0.494 e. The molecule has 3 rings (SSSR count). The molecule has 4 unspecified atom stereocenters. The Labute approximate surface area is 124 Å². The molecule has 1 aromatic rings. The number of rotatable bonds is 5. The smallest absolute Gasteiger partial charge is 0.251 e. The molecule has 1 amide bonds. The van der Waals surface area contributed by atoms with E-state index in [1.807, 2.05) is 19.1 Å². The molecule has 114 valence electrons. The van der Waals surface area contributed by atoms with Crippen LogP contribution in [0, 0.1) is 5.92 Å². The monoisotopic (exact) mass is 290 g/mol. The van der Waals surface area contributed by atoms with Gasteiger partial charge in [0.05, 0.1) is 18.8 Å². The Bertz CT molecular complexity index is 520. The summed E-state index contributed by atoms with van der Waals surface area (Å²) in [6.45, 7) is 3.44. The van der Waals surface area contributed by atoms with Crippen LogP contribution in [0.25, 0.3) is 0 Å². The highest BCUT2D eigenvalue weighted by Gasteiger charge is 2.52. The van der Waals surface area contributed by atoms with E-state index >= 15 is 0 Å². The highest BCUT2D eigenvalue weighted by molar-refractivity contribution is 5.95. The Kier molecular flexibility index (Phi) is 4.12. The molecule has 1 aromatic carbocycles. The van der Waals surface area contributed by atoms with E-state index in [-0.39, 0.29) is 24.1 Å². The number of carbonyl (C=O) groups is 1. The van der Waals surface area contributed by atoms with Crippen LogP contribution in [0.1, 0.15) is 30.1 Å². The molecule has 1 saturated carbocycles. The number of nitrogens with two attached hydrogens (primary N) is 1. The maximum absolute atomic E-state index is 12.3. The van der Waals surface area contributed by atoms with Gasteiger partial charge in [0.1, 0.15) is 5.75 Å². The lowest BCUT2D eigenvalue weighted by Crippen LogP contribution is -2.68. The Morgan fingerprint density at radius 1 is 1.52 bits per heavy atom. The first kappa shape index (κ1) is 14.4. The summed E-state index contributed by atoms with van der Waals surface area (Å²) in [5.74, 6) is 0.998. The fourth-order valence-corrected chi connectivity index (χ4v) is 3.11. The van der Waals surface area contributed by atoms with Crippen molar-refractivity contribution in [1.29, 1.82) is 0 Å². The fraction of sp³-hybridized carbons (Fsp3) is 0.562. The molecule has 0 spiro atoms. The second-order valence-electron chi connectivity index (χ2n) is 5.74. The van der Waals surface area contributed by atoms with Gasteiger partial charge in [0.25, 0.3) is 5.91 Å². The van der Waals surface area contributed by atoms with Gasteiger partial charge in [-0.2, -0.15) is 0 Å². The normalized spacial score (nSPS) is 30.4. The van der Waals surface area contributed by atoms with Gasteiger partial charge in [-0.1, -0.05) is 13.0 Å². The van der Waals surface area contributed by atoms with Crippen molar-refractivity contribution in [3.8, 4) is 5.75 Å². The fourth-order valence-electron chi connectivity index (χ4n) is 3.11. The van der Waals surface area contributed by atoms with E-state index in [0.717, 1.165) is 25.2 Å². The summed E-state index contributed by atoms with van der Waals surface area (Å²) in [7, 11) is 0. The summed E-state index contributed by atoms with van der Waals surface area (Å²) in [5.41, 5.74) is 6.71. The Morgan fingerprint density at radius 3 is 3.19 bits per heavy atom. The van der Waals surface area contributed by atoms with Gasteiger partial charge in [0.15, 0.2) is 0 Å². The second-order valence-corrected chi connectivity index (χ2v) is 5.74. The topological polar surface area (TPSA) is 73.6 Å². The van der Waals surface area contributed by atoms with E-state index < -0.39 is 0 Å². The molecule has 1 aliphatic carbocycles. The summed E-state index contributed by atoms with van der Waals surface area (Å²) < 4.78 is 11.2. The zero-order valence-corrected chi connectivity index (χ0v) is 12.2. The van der Waals surface area contributed by atoms with Crippen molar-refractivity contribution >= 4 is 5.91 Å². The number of ether oxygens (including phenoxy) is 2. The van der Waals surface area contributed by atoms with Gasteiger partial charge < -0.3 is 20.5 Å². The minimum absolute atomic E-state index is 0.000902. The van der Waals surface area contributed by atoms with Gasteiger partial charge >= 0.3 is 0 Å². The number of benzene rings is 1. The molecule has 2 aliphatic rings. The summed E-state index contributed by atoms with van der Waals surface area (Å²) in [6, 6.07) is 7.16. The maximum atomic E-state index is 12.3. The molecule has 0 bridgehead atoms. The van der Waals surface area contributed by atoms with Gasteiger partial charge in [0.2, 0.25) is 0 Å². The van der Waals surface area contributed by atoms with Crippen molar-refractivity contribution in [2.24, 2.45) is 11.7 Å². The number of hydrogen-bond acceptors (Lipinski definition) is 4. The molecule has 1 saturated heterocycles. The first-order valence-corrected chi connectivity index (χ1v) is 7.61. The molecule has 0 radical (unpaired) electrons. The molecular weight excluding hydrogens is 268 g/mol. The van der Waals surface area contributed by atoms with Gasteiger partial charge in [-0.15, -0.1) is 0 Å². The zero-order chi connectivity index (χ0) is 14.8. The third kappa shape index (κ3) is 2.76. The van der Waals surface area contributed by atoms with Crippen LogP contribution < -0.4 is 15.8 Å². The highest BCUT2D eigenvalue weighted by Crippen LogP contribution is 2.37. The van der Waals surface area contributed by atoms with Crippen molar-refractivity contribution in [2.45, 2.75) is 38.0 Å². The molecular formula is C16H22N2O3. The molecule has 0 aromatic heterocycles. The first-order chi connectivity index (χ1) is 10.2. The number of fused-ring (bicyclic) bond motifs is 1. The van der Waals surface area contributed by atoms with Crippen molar-refractivity contribution < 1.29 is 14.3 Å². The molecule has 21 heavy (non-hydrogen) atoms. The van der Waals surface area contributed by atoms with Crippen LogP contribution in [0.3, 0.4) is 0 Å². The van der Waals surface area contributed by atoms with Crippen LogP contribution in [-0.2, 0) is 4.74 Å². The van der Waals surface area contributed by atoms with E-state index in [0.29, 0.717) is 18.1 Å². The molecule has 4 atom stereocenters. The van der Waals surface area contributed by atoms with Crippen molar-refractivity contribution in [3.63, 3.8) is 0 Å². The number of carbonyl (C=O) groups excluding carboxylic acids is 1. The minimum atomic E-state index is -0.119. The minimum Gasteiger partial charge on any atom is -0.494 e. The summed E-state index contributed by atoms with van der Waals surface area (Å²) in [4.78, 5) is 12.3.